The zero-order valence-corrected chi connectivity index (χ0v) is 10.5. The van der Waals surface area contributed by atoms with Crippen LogP contribution in [0.15, 0.2) is 6.20 Å². The van der Waals surface area contributed by atoms with Gasteiger partial charge in [0.2, 0.25) is 0 Å². The van der Waals surface area contributed by atoms with E-state index in [9.17, 15) is 0 Å². The Labute approximate surface area is 97.6 Å². The van der Waals surface area contributed by atoms with Gasteiger partial charge >= 0.3 is 0 Å². The maximum Gasteiger partial charge on any atom is 0.0855 e. The van der Waals surface area contributed by atoms with E-state index in [1.165, 1.54) is 17.8 Å². The van der Waals surface area contributed by atoms with E-state index in [2.05, 4.69) is 35.4 Å². The Morgan fingerprint density at radius 1 is 1.50 bits per heavy atom. The quantitative estimate of drug-likeness (QED) is 0.815. The molecule has 0 radical (unpaired) electrons. The zero-order valence-electron chi connectivity index (χ0n) is 10.5. The minimum Gasteiger partial charge on any atom is -0.367 e. The summed E-state index contributed by atoms with van der Waals surface area (Å²) in [6.07, 6.45) is 4.36. The molecule has 1 atom stereocenters. The number of rotatable bonds is 2. The van der Waals surface area contributed by atoms with Crippen LogP contribution in [-0.2, 0) is 13.5 Å². The highest BCUT2D eigenvalue weighted by Crippen LogP contribution is 2.20. The summed E-state index contributed by atoms with van der Waals surface area (Å²) in [5, 5.41) is 8.03. The van der Waals surface area contributed by atoms with Gasteiger partial charge in [-0.05, 0) is 19.8 Å². The summed E-state index contributed by atoms with van der Waals surface area (Å²) < 4.78 is 1.93. The van der Waals surface area contributed by atoms with Crippen molar-refractivity contribution in [3.05, 3.63) is 11.9 Å². The fraction of sp³-hybridized carbons (Fsp3) is 0.750. The Hall–Kier alpha value is -1.03. The lowest BCUT2D eigenvalue weighted by Crippen LogP contribution is -2.29. The molecule has 1 aromatic heterocycles. The highest BCUT2D eigenvalue weighted by molar-refractivity contribution is 5.49. The molecular weight excluding hydrogens is 200 g/mol. The van der Waals surface area contributed by atoms with Gasteiger partial charge in [0, 0.05) is 38.9 Å². The normalized spacial score (nSPS) is 22.2. The van der Waals surface area contributed by atoms with E-state index in [4.69, 9.17) is 0 Å². The molecule has 2 rings (SSSR count). The average molecular weight is 222 g/mol. The second-order valence-corrected chi connectivity index (χ2v) is 4.62. The van der Waals surface area contributed by atoms with Crippen molar-refractivity contribution < 1.29 is 0 Å². The van der Waals surface area contributed by atoms with Gasteiger partial charge in [0.25, 0.3) is 0 Å². The number of aryl methyl sites for hydroxylation is 2. The van der Waals surface area contributed by atoms with Gasteiger partial charge in [-0.3, -0.25) is 4.68 Å². The molecule has 1 N–H and O–H groups in total. The van der Waals surface area contributed by atoms with Gasteiger partial charge in [0.05, 0.1) is 11.4 Å². The van der Waals surface area contributed by atoms with E-state index in [0.717, 1.165) is 26.1 Å². The first-order chi connectivity index (χ1) is 7.70. The first-order valence-corrected chi connectivity index (χ1v) is 6.21. The van der Waals surface area contributed by atoms with Crippen molar-refractivity contribution in [1.29, 1.82) is 0 Å². The molecule has 4 heteroatoms. The average Bonchev–Trinajstić information content (AvgIpc) is 2.50. The second-order valence-electron chi connectivity index (χ2n) is 4.62. The summed E-state index contributed by atoms with van der Waals surface area (Å²) in [6, 6.07) is 0.631. The number of hydrogen-bond donors (Lipinski definition) is 1. The van der Waals surface area contributed by atoms with Gasteiger partial charge in [0.1, 0.15) is 0 Å². The predicted octanol–water partition coefficient (Wildman–Crippen LogP) is 1.17. The van der Waals surface area contributed by atoms with Crippen LogP contribution in [0.1, 0.15) is 26.0 Å². The molecule has 0 amide bonds. The van der Waals surface area contributed by atoms with Crippen molar-refractivity contribution >= 4 is 5.69 Å². The first-order valence-electron chi connectivity index (χ1n) is 6.21. The lowest BCUT2D eigenvalue weighted by atomic mass is 10.2. The summed E-state index contributed by atoms with van der Waals surface area (Å²) in [7, 11) is 2.00. The highest BCUT2D eigenvalue weighted by atomic mass is 15.3. The molecule has 0 bridgehead atoms. The van der Waals surface area contributed by atoms with Crippen LogP contribution in [0, 0.1) is 0 Å². The van der Waals surface area contributed by atoms with Crippen LogP contribution in [0.4, 0.5) is 5.69 Å². The summed E-state index contributed by atoms with van der Waals surface area (Å²) in [6.45, 7) is 7.72. The lowest BCUT2D eigenvalue weighted by molar-refractivity contribution is 0.566. The van der Waals surface area contributed by atoms with Crippen LogP contribution in [-0.4, -0.2) is 35.5 Å². The largest absolute Gasteiger partial charge is 0.367 e. The maximum atomic E-state index is 4.51. The standard InChI is InChI=1S/C12H22N4/c1-4-11-12(9-15(3)14-11)16-7-5-10(2)13-6-8-16/h9-10,13H,4-8H2,1-3H3. The monoisotopic (exact) mass is 222 g/mol. The van der Waals surface area contributed by atoms with E-state index in [0.29, 0.717) is 6.04 Å². The first kappa shape index (κ1) is 11.5. The topological polar surface area (TPSA) is 33.1 Å². The van der Waals surface area contributed by atoms with Gasteiger partial charge in [0.15, 0.2) is 0 Å². The Morgan fingerprint density at radius 3 is 3.06 bits per heavy atom. The smallest absolute Gasteiger partial charge is 0.0855 e. The van der Waals surface area contributed by atoms with E-state index in [1.807, 2.05) is 11.7 Å². The van der Waals surface area contributed by atoms with Crippen molar-refractivity contribution in [1.82, 2.24) is 15.1 Å². The van der Waals surface area contributed by atoms with Crippen molar-refractivity contribution in [2.24, 2.45) is 7.05 Å². The third-order valence-corrected chi connectivity index (χ3v) is 3.27. The minimum atomic E-state index is 0.631. The van der Waals surface area contributed by atoms with E-state index in [-0.39, 0.29) is 0 Å². The number of nitrogens with zero attached hydrogens (tertiary/aromatic N) is 3. The zero-order chi connectivity index (χ0) is 11.5. The third kappa shape index (κ3) is 2.38. The van der Waals surface area contributed by atoms with E-state index in [1.54, 1.807) is 0 Å². The summed E-state index contributed by atoms with van der Waals surface area (Å²) in [5.41, 5.74) is 2.54. The molecule has 0 aliphatic carbocycles. The van der Waals surface area contributed by atoms with Gasteiger partial charge in [-0.25, -0.2) is 0 Å². The third-order valence-electron chi connectivity index (χ3n) is 3.27. The van der Waals surface area contributed by atoms with Crippen molar-refractivity contribution in [3.63, 3.8) is 0 Å². The maximum absolute atomic E-state index is 4.51. The molecule has 0 spiro atoms. The molecule has 1 aliphatic heterocycles. The number of nitrogens with one attached hydrogen (secondary N) is 1. The lowest BCUT2D eigenvalue weighted by Gasteiger charge is -2.21. The van der Waals surface area contributed by atoms with Crippen LogP contribution < -0.4 is 10.2 Å². The second kappa shape index (κ2) is 4.87. The Balaban J connectivity index is 2.15. The van der Waals surface area contributed by atoms with Crippen LogP contribution >= 0.6 is 0 Å². The Morgan fingerprint density at radius 2 is 2.31 bits per heavy atom. The highest BCUT2D eigenvalue weighted by Gasteiger charge is 2.17. The van der Waals surface area contributed by atoms with Gasteiger partial charge in [-0.2, -0.15) is 5.10 Å². The van der Waals surface area contributed by atoms with E-state index >= 15 is 0 Å². The molecule has 1 saturated heterocycles. The molecule has 4 nitrogen and oxygen atoms in total. The summed E-state index contributed by atoms with van der Waals surface area (Å²) in [4.78, 5) is 2.46. The summed E-state index contributed by atoms with van der Waals surface area (Å²) >= 11 is 0. The van der Waals surface area contributed by atoms with Gasteiger partial charge in [-0.15, -0.1) is 0 Å². The summed E-state index contributed by atoms with van der Waals surface area (Å²) in [5.74, 6) is 0. The number of hydrogen-bond acceptors (Lipinski definition) is 3. The molecule has 1 aromatic rings. The van der Waals surface area contributed by atoms with Crippen molar-refractivity contribution in [2.75, 3.05) is 24.5 Å². The van der Waals surface area contributed by atoms with Crippen LogP contribution in [0.3, 0.4) is 0 Å². The molecule has 0 saturated carbocycles. The molecule has 1 aliphatic rings. The predicted molar refractivity (Wildman–Crippen MR) is 66.9 cm³/mol. The molecule has 0 aromatic carbocycles. The van der Waals surface area contributed by atoms with Crippen LogP contribution in [0.25, 0.3) is 0 Å². The van der Waals surface area contributed by atoms with Crippen molar-refractivity contribution in [3.8, 4) is 0 Å². The van der Waals surface area contributed by atoms with E-state index < -0.39 is 0 Å². The molecule has 2 heterocycles. The van der Waals surface area contributed by atoms with Crippen molar-refractivity contribution in [2.45, 2.75) is 32.7 Å². The van der Waals surface area contributed by atoms with Crippen LogP contribution in [0.2, 0.25) is 0 Å². The van der Waals surface area contributed by atoms with Gasteiger partial charge < -0.3 is 10.2 Å². The molecule has 1 unspecified atom stereocenters. The number of anilines is 1. The fourth-order valence-corrected chi connectivity index (χ4v) is 2.29. The molecule has 16 heavy (non-hydrogen) atoms. The molecular formula is C12H22N4. The Kier molecular flexibility index (Phi) is 3.49. The Bertz CT molecular complexity index is 345. The fourth-order valence-electron chi connectivity index (χ4n) is 2.29. The molecule has 1 fully saturated rings. The number of aromatic nitrogens is 2. The van der Waals surface area contributed by atoms with Crippen LogP contribution in [0.5, 0.6) is 0 Å². The molecule has 90 valence electrons. The minimum absolute atomic E-state index is 0.631. The SMILES string of the molecule is CCc1nn(C)cc1N1CCNC(C)CC1. The van der Waals surface area contributed by atoms with Gasteiger partial charge in [-0.1, -0.05) is 6.92 Å².